The molecule has 626 valence electrons. The summed E-state index contributed by atoms with van der Waals surface area (Å²) in [5.41, 5.74) is 15.3. The van der Waals surface area contributed by atoms with E-state index in [2.05, 4.69) is 144 Å². The van der Waals surface area contributed by atoms with E-state index < -0.39 is 0 Å². The van der Waals surface area contributed by atoms with E-state index in [4.69, 9.17) is 59.9 Å². The molecule has 0 saturated heterocycles. The van der Waals surface area contributed by atoms with Gasteiger partial charge in [0.1, 0.15) is 79.9 Å². The van der Waals surface area contributed by atoms with Crippen LogP contribution in [-0.4, -0.2) is 130 Å². The van der Waals surface area contributed by atoms with Crippen molar-refractivity contribution < 1.29 is 51.8 Å². The van der Waals surface area contributed by atoms with Crippen molar-refractivity contribution in [2.45, 2.75) is 73.5 Å². The van der Waals surface area contributed by atoms with Gasteiger partial charge in [0.05, 0.1) is 55.4 Å². The van der Waals surface area contributed by atoms with E-state index in [0.717, 1.165) is 137 Å². The summed E-state index contributed by atoms with van der Waals surface area (Å²) < 4.78 is 58.4. The Labute approximate surface area is 725 Å². The predicted octanol–water partition coefficient (Wildman–Crippen LogP) is 19.5. The average Bonchev–Trinajstić information content (AvgIpc) is 0.847. The summed E-state index contributed by atoms with van der Waals surface area (Å²) in [6.07, 6.45) is 34.6. The molecule has 0 unspecified atom stereocenters. The Morgan fingerprint density at radius 1 is 0.582 bits per heavy atom. The number of carbonyl (C=O) groups excluding carboxylic acids is 1. The van der Waals surface area contributed by atoms with Gasteiger partial charge in [-0.15, -0.1) is 30.4 Å². The molecular weight excluding hydrogens is 1630 g/mol. The minimum absolute atomic E-state index is 0. The Balaban J connectivity index is 0.000000171. The first-order valence-electron chi connectivity index (χ1n) is 39.4. The van der Waals surface area contributed by atoms with Gasteiger partial charge in [-0.25, -0.2) is 24.9 Å². The predicted molar refractivity (Wildman–Crippen MR) is 485 cm³/mol. The number of unbranched alkanes of at least 4 members (excludes halogenated alkanes) is 1. The number of rotatable bonds is 35. The summed E-state index contributed by atoms with van der Waals surface area (Å²) in [6, 6.07) is 55.6. The van der Waals surface area contributed by atoms with Crippen LogP contribution in [0, 0.1) is 45.5 Å². The van der Waals surface area contributed by atoms with E-state index >= 15 is 0 Å². The van der Waals surface area contributed by atoms with Crippen LogP contribution >= 0.6 is 28.3 Å². The number of anilines is 4. The van der Waals surface area contributed by atoms with Crippen LogP contribution in [0.25, 0.3) is 50.9 Å². The Hall–Kier alpha value is -13.5. The second-order valence-corrected chi connectivity index (χ2v) is 28.2. The second kappa shape index (κ2) is 47.9. The molecule has 6 heterocycles. The first kappa shape index (κ1) is 90.8. The number of hydrogen-bond acceptors (Lipinski definition) is 22. The number of oxazole rings is 1. The number of benzene rings is 8. The number of carbonyl (C=O) groups is 1. The second-order valence-electron chi connectivity index (χ2n) is 27.3. The molecule has 122 heavy (non-hydrogen) atoms. The van der Waals surface area contributed by atoms with Crippen molar-refractivity contribution in [3.63, 3.8) is 0 Å². The summed E-state index contributed by atoms with van der Waals surface area (Å²) in [6.45, 7) is 14.5. The van der Waals surface area contributed by atoms with Gasteiger partial charge in [-0.1, -0.05) is 111 Å². The summed E-state index contributed by atoms with van der Waals surface area (Å²) in [5.74, 6) is 12.0. The summed E-state index contributed by atoms with van der Waals surface area (Å²) in [5, 5.41) is 19.9. The maximum Gasteiger partial charge on any atom is 0.246 e. The van der Waals surface area contributed by atoms with Crippen molar-refractivity contribution in [3.8, 4) is 64.9 Å². The molecule has 3 N–H and O–H groups in total. The summed E-state index contributed by atoms with van der Waals surface area (Å²) in [4.78, 5) is 42.3. The number of hydrogen-bond donors (Lipinski definition) is 3. The Morgan fingerprint density at radius 3 is 1.94 bits per heavy atom. The molecule has 26 heteroatoms. The van der Waals surface area contributed by atoms with E-state index in [1.54, 1.807) is 45.4 Å². The zero-order valence-corrected chi connectivity index (χ0v) is 71.7. The lowest BCUT2D eigenvalue weighted by molar-refractivity contribution is -0.124. The lowest BCUT2D eigenvalue weighted by Crippen LogP contribution is -2.26. The molecule has 0 aliphatic carbocycles. The Bertz CT molecular complexity index is 5840. The van der Waals surface area contributed by atoms with Crippen LogP contribution < -0.4 is 44.4 Å². The van der Waals surface area contributed by atoms with Crippen LogP contribution in [0.15, 0.2) is 229 Å². The number of methoxy groups -OCH3 is 3. The molecule has 0 radical (unpaired) electrons. The van der Waals surface area contributed by atoms with Gasteiger partial charge in [0.2, 0.25) is 11.8 Å². The highest BCUT2D eigenvalue weighted by molar-refractivity contribution is 9.10. The quantitative estimate of drug-likeness (QED) is 0.0246. The average molecular weight is 1720 g/mol. The van der Waals surface area contributed by atoms with Gasteiger partial charge < -0.3 is 63.0 Å². The highest BCUT2D eigenvalue weighted by Gasteiger charge is 2.18. The lowest BCUT2D eigenvalue weighted by atomic mass is 9.96. The van der Waals surface area contributed by atoms with Crippen LogP contribution in [0.3, 0.4) is 0 Å². The highest BCUT2D eigenvalue weighted by atomic mass is 79.9. The summed E-state index contributed by atoms with van der Waals surface area (Å²) in [7, 11) is 4.74. The molecule has 0 aliphatic heterocycles. The van der Waals surface area contributed by atoms with Crippen LogP contribution in [0.2, 0.25) is 0 Å². The lowest BCUT2D eigenvalue weighted by Gasteiger charge is -2.15. The standard InChI is InChI=1S/C27H27N5O3.C25H26N4O2.C22H20BrNO2.C22H23N3O4.ClH/c1-18-13-21(8-11-25(18)35-22-9-6-19(2)29-15-22)32-27-23-14-20(7-10-24(23)30-17-31-27)5-4-12-28-26(33)16-34-3;1-20-5-7-22(8-6-20)11-14-25-27-23(19-31-25)18-30-24-12-9-21(10-13-24)4-2-3-16-29-17-15-26-28-29;1-4-16-14-24-20-13-22(26-6-3)21(25-5-2)12-19(20)18(16)11-15-8-7-9-17(23)10-15;1-4-16-6-5-7-17(12-16)25-22-18-13-20(28-10-8-26-2)21(29-11-9-27-3)14-19(18)23-15-24-22;/h4-11,13-15,17H,12,16H2,1-3H3,(H,28,33)(H,30,31,32);5-15,17,19H,2-4,16,18H2,1H3;1,7-10,12-14H,5-6,11H2,2-3H3;1,5-7,12-15H,8-11H2,2-3H3,(H,23,24,25);1H/b5-4+;14-11+;;;. The minimum Gasteiger partial charge on any atom is -0.490 e. The van der Waals surface area contributed by atoms with Crippen LogP contribution in [0.5, 0.6) is 40.2 Å². The number of aromatic nitrogens is 10. The zero-order valence-electron chi connectivity index (χ0n) is 69.3. The van der Waals surface area contributed by atoms with Gasteiger partial charge in [0.25, 0.3) is 0 Å². The molecule has 1 amide bonds. The van der Waals surface area contributed by atoms with Crippen molar-refractivity contribution in [2.75, 3.05) is 84.8 Å². The number of fused-ring (bicyclic) bond motifs is 3. The molecule has 0 spiro atoms. The van der Waals surface area contributed by atoms with Gasteiger partial charge in [-0.3, -0.25) is 19.4 Å². The fourth-order valence-corrected chi connectivity index (χ4v) is 12.7. The molecule has 0 atom stereocenters. The number of nitrogens with one attached hydrogen (secondary N) is 3. The van der Waals surface area contributed by atoms with Crippen LogP contribution in [0.1, 0.15) is 94.0 Å². The number of amides is 1. The first-order chi connectivity index (χ1) is 59.2. The third-order valence-electron chi connectivity index (χ3n) is 18.3. The largest absolute Gasteiger partial charge is 0.490 e. The molecular formula is C96H97BrClN13O11. The molecule has 14 aromatic rings. The van der Waals surface area contributed by atoms with E-state index in [0.29, 0.717) is 99.1 Å². The van der Waals surface area contributed by atoms with E-state index in [1.807, 2.05) is 184 Å². The number of pyridine rings is 2. The van der Waals surface area contributed by atoms with Crippen molar-refractivity contribution in [2.24, 2.45) is 0 Å². The number of halogens is 2. The molecule has 8 aromatic carbocycles. The van der Waals surface area contributed by atoms with E-state index in [-0.39, 0.29) is 24.9 Å². The van der Waals surface area contributed by atoms with Gasteiger partial charge in [0, 0.05) is 114 Å². The van der Waals surface area contributed by atoms with Crippen LogP contribution in [0.4, 0.5) is 23.0 Å². The number of ether oxygens (including phenoxy) is 9. The molecule has 0 aliphatic rings. The highest BCUT2D eigenvalue weighted by Crippen LogP contribution is 2.38. The fourth-order valence-electron chi connectivity index (χ4n) is 12.3. The maximum atomic E-state index is 11.5. The van der Waals surface area contributed by atoms with Gasteiger partial charge >= 0.3 is 0 Å². The monoisotopic (exact) mass is 1720 g/mol. The van der Waals surface area contributed by atoms with Crippen molar-refractivity contribution in [1.82, 2.24) is 55.2 Å². The summed E-state index contributed by atoms with van der Waals surface area (Å²) >= 11 is 3.53. The third kappa shape index (κ3) is 27.8. The molecule has 0 saturated carbocycles. The van der Waals surface area contributed by atoms with Crippen LogP contribution in [-0.2, 0) is 45.0 Å². The normalized spacial score (nSPS) is 10.8. The third-order valence-corrected chi connectivity index (χ3v) is 18.8. The first-order valence-corrected chi connectivity index (χ1v) is 40.1. The number of aryl methyl sites for hydroxylation is 5. The van der Waals surface area contributed by atoms with Gasteiger partial charge in [-0.2, -0.15) is 0 Å². The maximum absolute atomic E-state index is 11.5. The van der Waals surface area contributed by atoms with Crippen molar-refractivity contribution in [3.05, 3.63) is 291 Å². The van der Waals surface area contributed by atoms with Gasteiger partial charge in [-0.05, 0) is 197 Å². The Kier molecular flexibility index (Phi) is 35.6. The van der Waals surface area contributed by atoms with Gasteiger partial charge in [0.15, 0.2) is 23.0 Å². The zero-order chi connectivity index (χ0) is 84.9. The smallest absolute Gasteiger partial charge is 0.246 e. The molecule has 0 fully saturated rings. The number of nitrogens with zero attached hydrogens (tertiary/aromatic N) is 10. The minimum atomic E-state index is -0.155. The Morgan fingerprint density at radius 2 is 1.26 bits per heavy atom. The van der Waals surface area contributed by atoms with E-state index in [9.17, 15) is 4.79 Å². The molecule has 24 nitrogen and oxygen atoms in total. The fraction of sp³-hybridized carbons (Fsp3) is 0.229. The molecule has 14 rings (SSSR count). The SMILES string of the molecule is C#Cc1cccc(Nc2ncnc3cc(OCCOC)c(OCCOC)cc23)c1.C#Cc1cnc2cc(OCC)c(OCC)cc2c1Cc1cccc(Br)c1.COCC(=O)NC/C=C/c1ccc2ncnc(Nc3ccc(Oc4ccc(C)nc4)c(C)c3)c2c1.Cc1ccc(/C=C/c2nc(COc3ccc(CCCCn4ccnn4)cc3)co2)cc1.Cl. The molecule has 0 bridgehead atoms. The number of terminal acetylenes is 2. The van der Waals surface area contributed by atoms with Crippen molar-refractivity contribution >= 4 is 108 Å². The molecule has 6 aromatic heterocycles. The van der Waals surface area contributed by atoms with E-state index in [1.165, 1.54) is 30.1 Å². The topological polar surface area (TPSA) is 270 Å². The van der Waals surface area contributed by atoms with Crippen molar-refractivity contribution in [1.29, 1.82) is 0 Å².